The van der Waals surface area contributed by atoms with Crippen molar-refractivity contribution in [1.82, 2.24) is 0 Å². The van der Waals surface area contributed by atoms with E-state index in [1.807, 2.05) is 24.3 Å². The van der Waals surface area contributed by atoms with E-state index in [0.717, 1.165) is 4.47 Å². The lowest BCUT2D eigenvalue weighted by Gasteiger charge is -2.00. The van der Waals surface area contributed by atoms with Gasteiger partial charge < -0.3 is 9.15 Å². The standard InChI is InChI=1S/C20H10BrCl2NO3/c21-12-3-1-11(2-4-12)19-24-17(20(25)27-19)10-14-6-8-18(26-14)15-7-5-13(22)9-16(15)23/h1-10H. The van der Waals surface area contributed by atoms with E-state index >= 15 is 0 Å². The Labute approximate surface area is 173 Å². The molecule has 4 rings (SSSR count). The number of hydrogen-bond donors (Lipinski definition) is 0. The zero-order chi connectivity index (χ0) is 19.0. The summed E-state index contributed by atoms with van der Waals surface area (Å²) in [6.07, 6.45) is 1.53. The van der Waals surface area contributed by atoms with Crippen molar-refractivity contribution in [3.8, 4) is 11.3 Å². The van der Waals surface area contributed by atoms with Crippen molar-refractivity contribution in [3.05, 3.63) is 86.1 Å². The van der Waals surface area contributed by atoms with Gasteiger partial charge in [-0.3, -0.25) is 0 Å². The largest absolute Gasteiger partial charge is 0.457 e. The molecule has 0 aliphatic carbocycles. The Morgan fingerprint density at radius 1 is 1.00 bits per heavy atom. The summed E-state index contributed by atoms with van der Waals surface area (Å²) in [6.45, 7) is 0. The average molecular weight is 463 g/mol. The van der Waals surface area contributed by atoms with E-state index in [1.54, 1.807) is 30.3 Å². The van der Waals surface area contributed by atoms with Crippen molar-refractivity contribution >= 4 is 57.1 Å². The van der Waals surface area contributed by atoms with Gasteiger partial charge in [-0.05, 0) is 54.6 Å². The topological polar surface area (TPSA) is 51.8 Å². The molecule has 1 aliphatic rings. The van der Waals surface area contributed by atoms with Gasteiger partial charge in [-0.25, -0.2) is 9.79 Å². The van der Waals surface area contributed by atoms with Crippen molar-refractivity contribution in [2.24, 2.45) is 4.99 Å². The van der Waals surface area contributed by atoms with Crippen LogP contribution < -0.4 is 0 Å². The molecule has 0 spiro atoms. The molecule has 2 aromatic carbocycles. The highest BCUT2D eigenvalue weighted by Gasteiger charge is 2.24. The number of carbonyl (C=O) groups excluding carboxylic acids is 1. The van der Waals surface area contributed by atoms with Crippen LogP contribution in [0.1, 0.15) is 11.3 Å². The zero-order valence-corrected chi connectivity index (χ0v) is 16.7. The molecule has 4 nitrogen and oxygen atoms in total. The first kappa shape index (κ1) is 18.0. The summed E-state index contributed by atoms with van der Waals surface area (Å²) < 4.78 is 11.9. The fourth-order valence-corrected chi connectivity index (χ4v) is 3.29. The molecule has 3 aromatic rings. The number of benzene rings is 2. The Kier molecular flexibility index (Phi) is 4.91. The number of esters is 1. The Morgan fingerprint density at radius 3 is 2.52 bits per heavy atom. The van der Waals surface area contributed by atoms with E-state index < -0.39 is 5.97 Å². The summed E-state index contributed by atoms with van der Waals surface area (Å²) >= 11 is 15.5. The van der Waals surface area contributed by atoms with Crippen LogP contribution in [0, 0.1) is 0 Å². The van der Waals surface area contributed by atoms with Gasteiger partial charge in [0.25, 0.3) is 0 Å². The normalized spacial score (nSPS) is 15.1. The van der Waals surface area contributed by atoms with Crippen LogP contribution in [0.2, 0.25) is 10.0 Å². The van der Waals surface area contributed by atoms with E-state index in [0.29, 0.717) is 32.7 Å². The monoisotopic (exact) mass is 461 g/mol. The number of rotatable bonds is 3. The summed E-state index contributed by atoms with van der Waals surface area (Å²) in [5.74, 6) is 0.748. The van der Waals surface area contributed by atoms with E-state index in [-0.39, 0.29) is 11.6 Å². The molecule has 0 fully saturated rings. The zero-order valence-electron chi connectivity index (χ0n) is 13.6. The summed E-state index contributed by atoms with van der Waals surface area (Å²) in [5, 5.41) is 1.02. The van der Waals surface area contributed by atoms with Crippen LogP contribution in [0.4, 0.5) is 0 Å². The Balaban J connectivity index is 1.63. The molecule has 2 heterocycles. The summed E-state index contributed by atoms with van der Waals surface area (Å²) in [7, 11) is 0. The third kappa shape index (κ3) is 3.86. The van der Waals surface area contributed by atoms with E-state index in [4.69, 9.17) is 32.4 Å². The number of hydrogen-bond acceptors (Lipinski definition) is 4. The van der Waals surface area contributed by atoms with E-state index in [2.05, 4.69) is 20.9 Å². The molecule has 27 heavy (non-hydrogen) atoms. The highest BCUT2D eigenvalue weighted by atomic mass is 79.9. The minimum atomic E-state index is -0.532. The third-order valence-corrected chi connectivity index (χ3v) is 4.89. The molecule has 134 valence electrons. The van der Waals surface area contributed by atoms with Gasteiger partial charge in [0, 0.05) is 26.7 Å². The molecule has 0 amide bonds. The Hall–Kier alpha value is -2.34. The van der Waals surface area contributed by atoms with Gasteiger partial charge in [-0.15, -0.1) is 0 Å². The molecule has 0 saturated heterocycles. The molecule has 1 aliphatic heterocycles. The molecule has 0 saturated carbocycles. The summed E-state index contributed by atoms with van der Waals surface area (Å²) in [6, 6.07) is 16.0. The van der Waals surface area contributed by atoms with Crippen LogP contribution in [0.15, 0.2) is 74.2 Å². The number of aliphatic imine (C=N–C) groups is 1. The van der Waals surface area contributed by atoms with Gasteiger partial charge in [-0.1, -0.05) is 39.1 Å². The second-order valence-corrected chi connectivity index (χ2v) is 7.43. The van der Waals surface area contributed by atoms with Gasteiger partial charge in [0.05, 0.1) is 5.02 Å². The maximum Gasteiger partial charge on any atom is 0.363 e. The van der Waals surface area contributed by atoms with Gasteiger partial charge in [0.15, 0.2) is 5.70 Å². The molecule has 1 aromatic heterocycles. The average Bonchev–Trinajstić information content (AvgIpc) is 3.23. The van der Waals surface area contributed by atoms with Gasteiger partial charge >= 0.3 is 5.97 Å². The van der Waals surface area contributed by atoms with Gasteiger partial charge in [-0.2, -0.15) is 0 Å². The number of cyclic esters (lactones) is 1. The fraction of sp³-hybridized carbons (Fsp3) is 0. The quantitative estimate of drug-likeness (QED) is 0.336. The van der Waals surface area contributed by atoms with Crippen molar-refractivity contribution < 1.29 is 13.9 Å². The van der Waals surface area contributed by atoms with Crippen molar-refractivity contribution in [1.29, 1.82) is 0 Å². The lowest BCUT2D eigenvalue weighted by atomic mass is 10.2. The first-order valence-corrected chi connectivity index (χ1v) is 9.38. The van der Waals surface area contributed by atoms with Crippen molar-refractivity contribution in [3.63, 3.8) is 0 Å². The number of carbonyl (C=O) groups is 1. The molecular formula is C20H10BrCl2NO3. The first-order valence-electron chi connectivity index (χ1n) is 7.83. The fourth-order valence-electron chi connectivity index (χ4n) is 2.52. The molecule has 7 heteroatoms. The van der Waals surface area contributed by atoms with Gasteiger partial charge in [0.2, 0.25) is 5.90 Å². The van der Waals surface area contributed by atoms with E-state index in [1.165, 1.54) is 6.08 Å². The van der Waals surface area contributed by atoms with Crippen LogP contribution in [0.25, 0.3) is 17.4 Å². The highest BCUT2D eigenvalue weighted by molar-refractivity contribution is 9.10. The van der Waals surface area contributed by atoms with E-state index in [9.17, 15) is 4.79 Å². The van der Waals surface area contributed by atoms with Crippen LogP contribution in [-0.4, -0.2) is 11.9 Å². The minimum absolute atomic E-state index is 0.163. The predicted octanol–water partition coefficient (Wildman–Crippen LogP) is 6.36. The lowest BCUT2D eigenvalue weighted by Crippen LogP contribution is -2.05. The molecule has 0 radical (unpaired) electrons. The molecule has 0 N–H and O–H groups in total. The molecule has 0 atom stereocenters. The number of halogens is 3. The second-order valence-electron chi connectivity index (χ2n) is 5.67. The van der Waals surface area contributed by atoms with Crippen LogP contribution in [0.3, 0.4) is 0 Å². The second kappa shape index (κ2) is 7.35. The predicted molar refractivity (Wildman–Crippen MR) is 109 cm³/mol. The maximum absolute atomic E-state index is 12.1. The minimum Gasteiger partial charge on any atom is -0.457 e. The SMILES string of the molecule is O=C1OC(c2ccc(Br)cc2)=NC1=Cc1ccc(-c2ccc(Cl)cc2Cl)o1. The summed E-state index contributed by atoms with van der Waals surface area (Å²) in [5.41, 5.74) is 1.58. The van der Waals surface area contributed by atoms with Crippen molar-refractivity contribution in [2.45, 2.75) is 0 Å². The summed E-state index contributed by atoms with van der Waals surface area (Å²) in [4.78, 5) is 16.4. The third-order valence-electron chi connectivity index (χ3n) is 3.81. The number of ether oxygens (including phenoxy) is 1. The Bertz CT molecular complexity index is 1100. The highest BCUT2D eigenvalue weighted by Crippen LogP contribution is 2.32. The van der Waals surface area contributed by atoms with Crippen LogP contribution in [0.5, 0.6) is 0 Å². The lowest BCUT2D eigenvalue weighted by molar-refractivity contribution is -0.129. The smallest absolute Gasteiger partial charge is 0.363 e. The van der Waals surface area contributed by atoms with Gasteiger partial charge in [0.1, 0.15) is 11.5 Å². The van der Waals surface area contributed by atoms with Crippen LogP contribution in [-0.2, 0) is 9.53 Å². The first-order chi connectivity index (χ1) is 13.0. The molecule has 0 bridgehead atoms. The Morgan fingerprint density at radius 2 is 1.78 bits per heavy atom. The number of furan rings is 1. The maximum atomic E-state index is 12.1. The van der Waals surface area contributed by atoms with Crippen molar-refractivity contribution in [2.75, 3.05) is 0 Å². The number of nitrogens with zero attached hydrogens (tertiary/aromatic N) is 1. The van der Waals surface area contributed by atoms with Crippen LogP contribution >= 0.6 is 39.1 Å². The molecular weight excluding hydrogens is 453 g/mol. The molecule has 0 unspecified atom stereocenters.